The number of nitrogens with zero attached hydrogens (tertiary/aromatic N) is 1. The summed E-state index contributed by atoms with van der Waals surface area (Å²) in [6.45, 7) is 4.39. The van der Waals surface area contributed by atoms with Gasteiger partial charge in [-0.25, -0.2) is 4.98 Å². The van der Waals surface area contributed by atoms with Crippen LogP contribution in [0.15, 0.2) is 28.5 Å². The number of hydrogen-bond donors (Lipinski definition) is 1. The molecule has 2 rings (SSSR count). The van der Waals surface area contributed by atoms with Gasteiger partial charge in [-0.15, -0.1) is 11.8 Å². The molecule has 0 aliphatic carbocycles. The fraction of sp³-hybridized carbons (Fsp3) is 0.286. The number of esters is 1. The first kappa shape index (κ1) is 15.7. The molecular formula is C14H16N2O3S2. The zero-order chi connectivity index (χ0) is 15.2. The molecule has 0 atom stereocenters. The average molecular weight is 324 g/mol. The molecule has 0 saturated heterocycles. The molecule has 2 N–H and O–H groups in total. The largest absolute Gasteiger partial charge is 0.494 e. The number of carbonyl (C=O) groups excluding carboxylic acids is 1. The fourth-order valence-corrected chi connectivity index (χ4v) is 3.39. The highest BCUT2D eigenvalue weighted by molar-refractivity contribution is 8.01. The van der Waals surface area contributed by atoms with E-state index in [1.54, 1.807) is 24.3 Å². The van der Waals surface area contributed by atoms with E-state index in [4.69, 9.17) is 15.2 Å². The van der Waals surface area contributed by atoms with Gasteiger partial charge in [-0.1, -0.05) is 11.3 Å². The second kappa shape index (κ2) is 7.33. The molecule has 0 fully saturated rings. The van der Waals surface area contributed by atoms with Crippen LogP contribution in [0.4, 0.5) is 5.13 Å². The van der Waals surface area contributed by atoms with Crippen LogP contribution >= 0.6 is 23.1 Å². The molecule has 0 aliphatic rings. The molecule has 0 amide bonds. The number of anilines is 1. The maximum absolute atomic E-state index is 11.8. The van der Waals surface area contributed by atoms with Crippen molar-refractivity contribution in [3.8, 4) is 11.5 Å². The van der Waals surface area contributed by atoms with Crippen LogP contribution in [0, 0.1) is 6.92 Å². The maximum Gasteiger partial charge on any atom is 0.321 e. The summed E-state index contributed by atoms with van der Waals surface area (Å²) in [5.41, 5.74) is 6.46. The molecule has 112 valence electrons. The van der Waals surface area contributed by atoms with Crippen LogP contribution in [0.5, 0.6) is 11.5 Å². The lowest BCUT2D eigenvalue weighted by molar-refractivity contribution is -0.131. The number of aryl methyl sites for hydroxylation is 1. The van der Waals surface area contributed by atoms with Gasteiger partial charge in [0.1, 0.15) is 11.5 Å². The summed E-state index contributed by atoms with van der Waals surface area (Å²) >= 11 is 2.76. The highest BCUT2D eigenvalue weighted by atomic mass is 32.2. The van der Waals surface area contributed by atoms with E-state index in [-0.39, 0.29) is 11.7 Å². The lowest BCUT2D eigenvalue weighted by Gasteiger charge is -2.06. The monoisotopic (exact) mass is 324 g/mol. The molecule has 21 heavy (non-hydrogen) atoms. The zero-order valence-corrected chi connectivity index (χ0v) is 13.4. The van der Waals surface area contributed by atoms with Crippen molar-refractivity contribution < 1.29 is 14.3 Å². The van der Waals surface area contributed by atoms with Gasteiger partial charge in [-0.3, -0.25) is 4.79 Å². The number of hydrogen-bond acceptors (Lipinski definition) is 7. The van der Waals surface area contributed by atoms with E-state index in [0.29, 0.717) is 17.5 Å². The number of rotatable bonds is 6. The van der Waals surface area contributed by atoms with Crippen LogP contribution < -0.4 is 15.2 Å². The number of aromatic nitrogens is 1. The van der Waals surface area contributed by atoms with Gasteiger partial charge in [-0.2, -0.15) is 0 Å². The summed E-state index contributed by atoms with van der Waals surface area (Å²) in [5.74, 6) is 1.16. The van der Waals surface area contributed by atoms with Gasteiger partial charge in [0.2, 0.25) is 0 Å². The van der Waals surface area contributed by atoms with Crippen molar-refractivity contribution in [1.82, 2.24) is 4.98 Å². The number of nitrogen functional groups attached to an aromatic ring is 1. The van der Waals surface area contributed by atoms with Crippen molar-refractivity contribution in [3.05, 3.63) is 30.0 Å². The van der Waals surface area contributed by atoms with Crippen LogP contribution in [0.2, 0.25) is 0 Å². The quantitative estimate of drug-likeness (QED) is 0.500. The Morgan fingerprint density at radius 2 is 2.00 bits per heavy atom. The van der Waals surface area contributed by atoms with Gasteiger partial charge in [0.25, 0.3) is 0 Å². The summed E-state index contributed by atoms with van der Waals surface area (Å²) in [5, 5.41) is 0.509. The van der Waals surface area contributed by atoms with E-state index >= 15 is 0 Å². The summed E-state index contributed by atoms with van der Waals surface area (Å²) < 4.78 is 11.5. The first-order valence-corrected chi connectivity index (χ1v) is 8.18. The predicted molar refractivity (Wildman–Crippen MR) is 85.2 cm³/mol. The molecule has 0 saturated carbocycles. The smallest absolute Gasteiger partial charge is 0.321 e. The Morgan fingerprint density at radius 3 is 2.57 bits per heavy atom. The van der Waals surface area contributed by atoms with Crippen molar-refractivity contribution in [2.75, 3.05) is 18.1 Å². The molecule has 5 nitrogen and oxygen atoms in total. The van der Waals surface area contributed by atoms with Gasteiger partial charge in [0, 0.05) is 0 Å². The molecular weight excluding hydrogens is 308 g/mol. The van der Waals surface area contributed by atoms with E-state index in [9.17, 15) is 4.79 Å². The Labute approximate surface area is 131 Å². The Bertz CT molecular complexity index is 611. The zero-order valence-electron chi connectivity index (χ0n) is 11.8. The first-order valence-electron chi connectivity index (χ1n) is 6.37. The number of benzene rings is 1. The normalized spacial score (nSPS) is 10.4. The van der Waals surface area contributed by atoms with Crippen molar-refractivity contribution in [2.24, 2.45) is 0 Å². The molecule has 1 aromatic carbocycles. The molecule has 1 heterocycles. The summed E-state index contributed by atoms with van der Waals surface area (Å²) in [7, 11) is 0. The van der Waals surface area contributed by atoms with Gasteiger partial charge in [-0.05, 0) is 38.1 Å². The van der Waals surface area contributed by atoms with E-state index in [2.05, 4.69) is 4.98 Å². The van der Waals surface area contributed by atoms with Crippen molar-refractivity contribution in [1.29, 1.82) is 0 Å². The topological polar surface area (TPSA) is 74.4 Å². The van der Waals surface area contributed by atoms with Gasteiger partial charge < -0.3 is 15.2 Å². The number of thioether (sulfide) groups is 1. The Hall–Kier alpha value is -1.73. The van der Waals surface area contributed by atoms with E-state index < -0.39 is 0 Å². The second-order valence-corrected chi connectivity index (χ2v) is 6.37. The highest BCUT2D eigenvalue weighted by Crippen LogP contribution is 2.30. The summed E-state index contributed by atoms with van der Waals surface area (Å²) in [6, 6.07) is 6.97. The Balaban J connectivity index is 1.85. The number of ether oxygens (including phenoxy) is 2. The van der Waals surface area contributed by atoms with Gasteiger partial charge >= 0.3 is 5.97 Å². The standard InChI is InChI=1S/C14H16N2O3S2/c1-3-18-10-4-6-11(7-5-10)19-12(17)8-20-13-9(2)16-14(15)21-13/h4-7H,3,8H2,1-2H3,(H2,15,16). The number of carbonyl (C=O) groups is 1. The van der Waals surface area contributed by atoms with E-state index in [0.717, 1.165) is 15.7 Å². The van der Waals surface area contributed by atoms with Crippen LogP contribution in [-0.2, 0) is 4.79 Å². The minimum Gasteiger partial charge on any atom is -0.494 e. The fourth-order valence-electron chi connectivity index (χ4n) is 1.59. The van der Waals surface area contributed by atoms with E-state index in [1.807, 2.05) is 13.8 Å². The molecule has 0 unspecified atom stereocenters. The van der Waals surface area contributed by atoms with Gasteiger partial charge in [0.15, 0.2) is 5.13 Å². The molecule has 0 spiro atoms. The molecule has 0 aliphatic heterocycles. The van der Waals surface area contributed by atoms with Crippen LogP contribution in [0.25, 0.3) is 0 Å². The van der Waals surface area contributed by atoms with Crippen LogP contribution in [-0.4, -0.2) is 23.3 Å². The number of thiazole rings is 1. The lowest BCUT2D eigenvalue weighted by atomic mass is 10.3. The SMILES string of the molecule is CCOc1ccc(OC(=O)CSc2sc(N)nc2C)cc1. The maximum atomic E-state index is 11.8. The third-order valence-electron chi connectivity index (χ3n) is 2.46. The third-order valence-corrected chi connectivity index (χ3v) is 4.78. The molecule has 1 aromatic heterocycles. The Kier molecular flexibility index (Phi) is 5.46. The Morgan fingerprint density at radius 1 is 1.33 bits per heavy atom. The summed E-state index contributed by atoms with van der Waals surface area (Å²) in [6.07, 6.45) is 0. The number of nitrogens with two attached hydrogens (primary N) is 1. The predicted octanol–water partition coefficient (Wildman–Crippen LogP) is 3.13. The highest BCUT2D eigenvalue weighted by Gasteiger charge is 2.10. The van der Waals surface area contributed by atoms with Crippen molar-refractivity contribution in [3.63, 3.8) is 0 Å². The van der Waals surface area contributed by atoms with Crippen LogP contribution in [0.3, 0.4) is 0 Å². The second-order valence-electron chi connectivity index (χ2n) is 4.09. The molecule has 2 aromatic rings. The lowest BCUT2D eigenvalue weighted by Crippen LogP contribution is -2.10. The van der Waals surface area contributed by atoms with Gasteiger partial charge in [0.05, 0.1) is 22.3 Å². The minimum atomic E-state index is -0.310. The first-order chi connectivity index (χ1) is 10.1. The van der Waals surface area contributed by atoms with Crippen molar-refractivity contribution >= 4 is 34.2 Å². The molecule has 7 heteroatoms. The minimum absolute atomic E-state index is 0.218. The molecule has 0 radical (unpaired) electrons. The molecule has 0 bridgehead atoms. The van der Waals surface area contributed by atoms with Crippen molar-refractivity contribution in [2.45, 2.75) is 18.1 Å². The van der Waals surface area contributed by atoms with Crippen LogP contribution in [0.1, 0.15) is 12.6 Å². The average Bonchev–Trinajstić information content (AvgIpc) is 2.77. The van der Waals surface area contributed by atoms with E-state index in [1.165, 1.54) is 23.1 Å². The summed E-state index contributed by atoms with van der Waals surface area (Å²) in [4.78, 5) is 15.9. The third kappa shape index (κ3) is 4.64.